The Labute approximate surface area is 89.2 Å². The highest BCUT2D eigenvalue weighted by Crippen LogP contribution is 2.22. The van der Waals surface area contributed by atoms with E-state index in [9.17, 15) is 4.39 Å². The summed E-state index contributed by atoms with van der Waals surface area (Å²) in [7, 11) is 4.91. The molecular weight excluding hydrogens is 197 g/mol. The molecule has 1 atom stereocenters. The lowest BCUT2D eigenvalue weighted by atomic mass is 10.1. The number of methoxy groups -OCH3 is 2. The Morgan fingerprint density at radius 1 is 1.40 bits per heavy atom. The molecule has 0 aliphatic rings. The van der Waals surface area contributed by atoms with Crippen LogP contribution in [0.2, 0.25) is 0 Å². The van der Waals surface area contributed by atoms with E-state index in [1.54, 1.807) is 19.2 Å². The van der Waals surface area contributed by atoms with E-state index in [1.165, 1.54) is 13.2 Å². The predicted octanol–water partition coefficient (Wildman–Crippen LogP) is 1.74. The van der Waals surface area contributed by atoms with Crippen LogP contribution < -0.4 is 10.1 Å². The molecule has 1 unspecified atom stereocenters. The number of halogens is 1. The molecule has 0 aliphatic carbocycles. The number of nitrogens with one attached hydrogen (secondary N) is 1. The number of rotatable bonds is 5. The largest absolute Gasteiger partial charge is 0.494 e. The molecular formula is C11H16FNO2. The molecule has 84 valence electrons. The highest BCUT2D eigenvalue weighted by Gasteiger charge is 2.11. The second-order valence-corrected chi connectivity index (χ2v) is 3.19. The van der Waals surface area contributed by atoms with Crippen LogP contribution in [0.1, 0.15) is 11.6 Å². The topological polar surface area (TPSA) is 30.5 Å². The van der Waals surface area contributed by atoms with Crippen molar-refractivity contribution in [2.45, 2.75) is 6.04 Å². The summed E-state index contributed by atoms with van der Waals surface area (Å²) in [6.45, 7) is 0.533. The fraction of sp³-hybridized carbons (Fsp3) is 0.455. The first kappa shape index (κ1) is 11.9. The fourth-order valence-electron chi connectivity index (χ4n) is 1.41. The van der Waals surface area contributed by atoms with E-state index in [-0.39, 0.29) is 17.6 Å². The molecule has 1 aromatic rings. The average molecular weight is 213 g/mol. The van der Waals surface area contributed by atoms with Crippen molar-refractivity contribution in [3.05, 3.63) is 29.6 Å². The van der Waals surface area contributed by atoms with Gasteiger partial charge in [0.15, 0.2) is 11.6 Å². The molecule has 0 aliphatic heterocycles. The van der Waals surface area contributed by atoms with Crippen LogP contribution in [0.3, 0.4) is 0 Å². The van der Waals surface area contributed by atoms with Crippen molar-refractivity contribution in [3.63, 3.8) is 0 Å². The van der Waals surface area contributed by atoms with Crippen molar-refractivity contribution in [1.29, 1.82) is 0 Å². The smallest absolute Gasteiger partial charge is 0.165 e. The van der Waals surface area contributed by atoms with Crippen molar-refractivity contribution in [2.24, 2.45) is 0 Å². The van der Waals surface area contributed by atoms with E-state index < -0.39 is 0 Å². The molecule has 0 heterocycles. The van der Waals surface area contributed by atoms with Gasteiger partial charge in [-0.05, 0) is 24.7 Å². The Morgan fingerprint density at radius 3 is 2.67 bits per heavy atom. The molecule has 0 saturated carbocycles. The molecule has 0 radical (unpaired) electrons. The summed E-state index contributed by atoms with van der Waals surface area (Å²) >= 11 is 0. The summed E-state index contributed by atoms with van der Waals surface area (Å²) in [5.74, 6) is -0.0997. The minimum Gasteiger partial charge on any atom is -0.494 e. The molecule has 0 spiro atoms. The first-order valence-electron chi connectivity index (χ1n) is 4.72. The second-order valence-electron chi connectivity index (χ2n) is 3.19. The molecule has 3 nitrogen and oxygen atoms in total. The molecule has 0 fully saturated rings. The highest BCUT2D eigenvalue weighted by atomic mass is 19.1. The van der Waals surface area contributed by atoms with E-state index in [1.807, 2.05) is 7.05 Å². The minimum absolute atomic E-state index is 0.0458. The molecule has 1 aromatic carbocycles. The van der Waals surface area contributed by atoms with E-state index in [2.05, 4.69) is 5.32 Å². The van der Waals surface area contributed by atoms with Crippen LogP contribution in [-0.2, 0) is 4.74 Å². The van der Waals surface area contributed by atoms with Gasteiger partial charge in [0.05, 0.1) is 19.8 Å². The Bertz CT molecular complexity index is 317. The van der Waals surface area contributed by atoms with Gasteiger partial charge in [0, 0.05) is 7.11 Å². The third-order valence-electron chi connectivity index (χ3n) is 2.26. The van der Waals surface area contributed by atoms with Gasteiger partial charge >= 0.3 is 0 Å². The fourth-order valence-corrected chi connectivity index (χ4v) is 1.41. The SMILES string of the molecule is CNC(COC)c1ccc(F)c(OC)c1. The Balaban J connectivity index is 2.92. The lowest BCUT2D eigenvalue weighted by molar-refractivity contribution is 0.170. The Kier molecular flexibility index (Phi) is 4.52. The zero-order chi connectivity index (χ0) is 11.3. The molecule has 1 N–H and O–H groups in total. The normalized spacial score (nSPS) is 12.5. The van der Waals surface area contributed by atoms with Gasteiger partial charge in [-0.3, -0.25) is 0 Å². The number of benzene rings is 1. The van der Waals surface area contributed by atoms with E-state index in [0.29, 0.717) is 6.61 Å². The van der Waals surface area contributed by atoms with Gasteiger partial charge in [0.1, 0.15) is 0 Å². The summed E-state index contributed by atoms with van der Waals surface area (Å²) in [5, 5.41) is 3.09. The van der Waals surface area contributed by atoms with Gasteiger partial charge in [0.25, 0.3) is 0 Å². The van der Waals surface area contributed by atoms with Crippen molar-refractivity contribution in [2.75, 3.05) is 27.9 Å². The average Bonchev–Trinajstić information content (AvgIpc) is 2.27. The summed E-state index contributed by atoms with van der Waals surface area (Å²) in [6.07, 6.45) is 0. The number of hydrogen-bond donors (Lipinski definition) is 1. The lowest BCUT2D eigenvalue weighted by Gasteiger charge is -2.16. The first-order valence-corrected chi connectivity index (χ1v) is 4.72. The van der Waals surface area contributed by atoms with Crippen LogP contribution in [0.4, 0.5) is 4.39 Å². The van der Waals surface area contributed by atoms with Crippen LogP contribution >= 0.6 is 0 Å². The standard InChI is InChI=1S/C11H16FNO2/c1-13-10(7-14-2)8-4-5-9(12)11(6-8)15-3/h4-6,10,13H,7H2,1-3H3. The van der Waals surface area contributed by atoms with Gasteiger partial charge in [-0.15, -0.1) is 0 Å². The van der Waals surface area contributed by atoms with Crippen molar-refractivity contribution >= 4 is 0 Å². The van der Waals surface area contributed by atoms with Crippen molar-refractivity contribution in [1.82, 2.24) is 5.32 Å². The van der Waals surface area contributed by atoms with E-state index in [4.69, 9.17) is 9.47 Å². The van der Waals surface area contributed by atoms with Crippen LogP contribution in [0.15, 0.2) is 18.2 Å². The summed E-state index contributed by atoms with van der Waals surface area (Å²) in [6, 6.07) is 4.84. The van der Waals surface area contributed by atoms with Crippen molar-refractivity contribution in [3.8, 4) is 5.75 Å². The van der Waals surface area contributed by atoms with Gasteiger partial charge in [-0.2, -0.15) is 0 Å². The molecule has 0 saturated heterocycles. The summed E-state index contributed by atoms with van der Waals surface area (Å²) in [5.41, 5.74) is 0.942. The lowest BCUT2D eigenvalue weighted by Crippen LogP contribution is -2.21. The third-order valence-corrected chi connectivity index (χ3v) is 2.26. The molecule has 4 heteroatoms. The number of likely N-dealkylation sites (N-methyl/N-ethyl adjacent to an activating group) is 1. The maximum absolute atomic E-state index is 13.1. The van der Waals surface area contributed by atoms with Crippen LogP contribution in [-0.4, -0.2) is 27.9 Å². The quantitative estimate of drug-likeness (QED) is 0.808. The minimum atomic E-state index is -0.353. The zero-order valence-corrected chi connectivity index (χ0v) is 9.21. The van der Waals surface area contributed by atoms with Crippen LogP contribution in [0.25, 0.3) is 0 Å². The number of hydrogen-bond acceptors (Lipinski definition) is 3. The third kappa shape index (κ3) is 2.91. The van der Waals surface area contributed by atoms with Crippen LogP contribution in [0.5, 0.6) is 5.75 Å². The predicted molar refractivity (Wildman–Crippen MR) is 56.6 cm³/mol. The van der Waals surface area contributed by atoms with Gasteiger partial charge < -0.3 is 14.8 Å². The monoisotopic (exact) mass is 213 g/mol. The Hall–Kier alpha value is -1.13. The molecule has 0 bridgehead atoms. The first-order chi connectivity index (χ1) is 7.22. The molecule has 1 rings (SSSR count). The summed E-state index contributed by atoms with van der Waals surface area (Å²) < 4.78 is 23.1. The van der Waals surface area contributed by atoms with Gasteiger partial charge in [0.2, 0.25) is 0 Å². The van der Waals surface area contributed by atoms with Crippen molar-refractivity contribution < 1.29 is 13.9 Å². The molecule has 0 amide bonds. The molecule has 0 aromatic heterocycles. The highest BCUT2D eigenvalue weighted by molar-refractivity contribution is 5.32. The Morgan fingerprint density at radius 2 is 2.13 bits per heavy atom. The second kappa shape index (κ2) is 5.68. The molecule has 15 heavy (non-hydrogen) atoms. The summed E-state index contributed by atoms with van der Waals surface area (Å²) in [4.78, 5) is 0. The number of ether oxygens (including phenoxy) is 2. The maximum Gasteiger partial charge on any atom is 0.165 e. The van der Waals surface area contributed by atoms with E-state index >= 15 is 0 Å². The van der Waals surface area contributed by atoms with E-state index in [0.717, 1.165) is 5.56 Å². The van der Waals surface area contributed by atoms with Gasteiger partial charge in [-0.25, -0.2) is 4.39 Å². The zero-order valence-electron chi connectivity index (χ0n) is 9.21. The maximum atomic E-state index is 13.1. The van der Waals surface area contributed by atoms with Crippen LogP contribution in [0, 0.1) is 5.82 Å². The van der Waals surface area contributed by atoms with Gasteiger partial charge in [-0.1, -0.05) is 6.07 Å².